The summed E-state index contributed by atoms with van der Waals surface area (Å²) >= 11 is 3.20. The van der Waals surface area contributed by atoms with Gasteiger partial charge in [0.1, 0.15) is 11.6 Å². The van der Waals surface area contributed by atoms with Gasteiger partial charge in [-0.2, -0.15) is 4.98 Å². The van der Waals surface area contributed by atoms with Crippen molar-refractivity contribution in [2.24, 2.45) is 0 Å². The molecule has 0 spiro atoms. The Morgan fingerprint density at radius 1 is 1.38 bits per heavy atom. The molecule has 0 aliphatic rings. The van der Waals surface area contributed by atoms with Gasteiger partial charge in [0, 0.05) is 22.9 Å². The van der Waals surface area contributed by atoms with Gasteiger partial charge < -0.3 is 10.5 Å². The van der Waals surface area contributed by atoms with Crippen molar-refractivity contribution in [3.63, 3.8) is 0 Å². The topological polar surface area (TPSA) is 109 Å². The van der Waals surface area contributed by atoms with Crippen LogP contribution < -0.4 is 10.5 Å². The predicted molar refractivity (Wildman–Crippen MR) is 78.3 cm³/mol. The molecule has 0 aliphatic heterocycles. The Balaban J connectivity index is 2.06. The van der Waals surface area contributed by atoms with E-state index in [0.29, 0.717) is 10.1 Å². The Labute approximate surface area is 126 Å². The van der Waals surface area contributed by atoms with Crippen LogP contribution in [0.15, 0.2) is 41.3 Å². The molecule has 2 aromatic heterocycles. The Kier molecular flexibility index (Phi) is 3.18. The number of halogens is 1. The molecule has 8 nitrogen and oxygen atoms in total. The molecule has 1 aromatic carbocycles. The van der Waals surface area contributed by atoms with Crippen LogP contribution in [0.4, 0.5) is 11.5 Å². The first-order valence-corrected chi connectivity index (χ1v) is 6.54. The third kappa shape index (κ3) is 2.63. The molecule has 0 aliphatic carbocycles. The fourth-order valence-corrected chi connectivity index (χ4v) is 2.27. The van der Waals surface area contributed by atoms with Gasteiger partial charge in [-0.25, -0.2) is 4.98 Å². The number of ether oxygens (including phenoxy) is 1. The Hall–Kier alpha value is -2.68. The van der Waals surface area contributed by atoms with Crippen LogP contribution in [0, 0.1) is 10.1 Å². The molecule has 2 heterocycles. The minimum Gasteiger partial charge on any atom is -0.436 e. The van der Waals surface area contributed by atoms with E-state index in [4.69, 9.17) is 10.5 Å². The number of nitro groups is 1. The van der Waals surface area contributed by atoms with E-state index in [2.05, 4.69) is 25.9 Å². The van der Waals surface area contributed by atoms with Crippen molar-refractivity contribution in [2.75, 3.05) is 5.73 Å². The van der Waals surface area contributed by atoms with E-state index >= 15 is 0 Å². The van der Waals surface area contributed by atoms with Crippen LogP contribution >= 0.6 is 15.9 Å². The molecule has 3 aromatic rings. The summed E-state index contributed by atoms with van der Waals surface area (Å²) in [7, 11) is 0. The van der Waals surface area contributed by atoms with E-state index in [1.165, 1.54) is 12.1 Å². The lowest BCUT2D eigenvalue weighted by Crippen LogP contribution is -1.99. The molecule has 0 radical (unpaired) electrons. The maximum Gasteiger partial charge on any atom is 0.274 e. The molecule has 0 bridgehead atoms. The van der Waals surface area contributed by atoms with Gasteiger partial charge in [-0.1, -0.05) is 15.9 Å². The van der Waals surface area contributed by atoms with Gasteiger partial charge in [0.2, 0.25) is 5.65 Å². The quantitative estimate of drug-likeness (QED) is 0.575. The van der Waals surface area contributed by atoms with Crippen molar-refractivity contribution >= 4 is 33.1 Å². The molecule has 0 saturated carbocycles. The van der Waals surface area contributed by atoms with Crippen LogP contribution in [0.1, 0.15) is 0 Å². The van der Waals surface area contributed by atoms with Gasteiger partial charge >= 0.3 is 0 Å². The normalized spacial score (nSPS) is 10.7. The van der Waals surface area contributed by atoms with Crippen molar-refractivity contribution < 1.29 is 9.66 Å². The summed E-state index contributed by atoms with van der Waals surface area (Å²) in [5.41, 5.74) is 6.06. The number of aromatic nitrogens is 3. The zero-order chi connectivity index (χ0) is 15.0. The maximum atomic E-state index is 10.9. The lowest BCUT2D eigenvalue weighted by molar-refractivity contribution is -0.385. The van der Waals surface area contributed by atoms with Crippen LogP contribution in [0.3, 0.4) is 0 Å². The number of rotatable bonds is 3. The summed E-state index contributed by atoms with van der Waals surface area (Å²) in [6, 6.07) is 4.27. The molecule has 9 heteroatoms. The first kappa shape index (κ1) is 13.3. The second-order valence-electron chi connectivity index (χ2n) is 4.13. The molecule has 2 N–H and O–H groups in total. The molecular weight excluding hydrogens is 342 g/mol. The Bertz CT molecular complexity index is 848. The fourth-order valence-electron chi connectivity index (χ4n) is 1.81. The zero-order valence-electron chi connectivity index (χ0n) is 10.4. The highest BCUT2D eigenvalue weighted by Gasteiger charge is 2.13. The van der Waals surface area contributed by atoms with Gasteiger partial charge in [0.25, 0.3) is 11.6 Å². The minimum absolute atomic E-state index is 0.0948. The molecule has 0 unspecified atom stereocenters. The number of hydrogen-bond acceptors (Lipinski definition) is 6. The molecule has 3 rings (SSSR count). The number of nitrogen functional groups attached to an aromatic ring is 1. The van der Waals surface area contributed by atoms with Crippen LogP contribution in [0.5, 0.6) is 11.6 Å². The van der Waals surface area contributed by atoms with Gasteiger partial charge in [-0.05, 0) is 6.07 Å². The lowest BCUT2D eigenvalue weighted by Gasteiger charge is -2.07. The van der Waals surface area contributed by atoms with E-state index in [1.807, 2.05) is 0 Å². The van der Waals surface area contributed by atoms with E-state index in [0.717, 1.165) is 0 Å². The number of fused-ring (bicyclic) bond motifs is 1. The van der Waals surface area contributed by atoms with Crippen LogP contribution in [0.25, 0.3) is 5.65 Å². The lowest BCUT2D eigenvalue weighted by atomic mass is 10.3. The molecule has 21 heavy (non-hydrogen) atoms. The van der Waals surface area contributed by atoms with Gasteiger partial charge in [0.15, 0.2) is 0 Å². The SMILES string of the molecule is Nc1cn2ccnc2c(Oc2cc(Br)cc([N+](=O)[O-])c2)n1. The Morgan fingerprint density at radius 3 is 2.95 bits per heavy atom. The van der Waals surface area contributed by atoms with Crippen molar-refractivity contribution in [2.45, 2.75) is 0 Å². The van der Waals surface area contributed by atoms with E-state index in [9.17, 15) is 10.1 Å². The second-order valence-corrected chi connectivity index (χ2v) is 5.05. The average Bonchev–Trinajstić information content (AvgIpc) is 2.86. The summed E-state index contributed by atoms with van der Waals surface area (Å²) in [5.74, 6) is 0.687. The number of imidazole rings is 1. The first-order valence-electron chi connectivity index (χ1n) is 5.75. The molecule has 106 valence electrons. The first-order chi connectivity index (χ1) is 10.0. The van der Waals surface area contributed by atoms with E-state index in [1.54, 1.807) is 29.1 Å². The van der Waals surface area contributed by atoms with Crippen molar-refractivity contribution in [3.8, 4) is 11.6 Å². The number of benzene rings is 1. The molecule has 0 fully saturated rings. The smallest absolute Gasteiger partial charge is 0.274 e. The second kappa shape index (κ2) is 5.02. The summed E-state index contributed by atoms with van der Waals surface area (Å²) in [4.78, 5) is 18.5. The van der Waals surface area contributed by atoms with Crippen LogP contribution in [0.2, 0.25) is 0 Å². The summed E-state index contributed by atoms with van der Waals surface area (Å²) < 4.78 is 7.77. The van der Waals surface area contributed by atoms with E-state index < -0.39 is 4.92 Å². The summed E-state index contributed by atoms with van der Waals surface area (Å²) in [6.45, 7) is 0. The van der Waals surface area contributed by atoms with E-state index in [-0.39, 0.29) is 23.1 Å². The average molecular weight is 350 g/mol. The molecule has 0 saturated heterocycles. The number of hydrogen-bond donors (Lipinski definition) is 1. The highest BCUT2D eigenvalue weighted by molar-refractivity contribution is 9.10. The third-order valence-corrected chi connectivity index (χ3v) is 3.10. The van der Waals surface area contributed by atoms with Crippen LogP contribution in [-0.2, 0) is 0 Å². The minimum atomic E-state index is -0.504. The maximum absolute atomic E-state index is 10.9. The monoisotopic (exact) mass is 349 g/mol. The van der Waals surface area contributed by atoms with Crippen LogP contribution in [-0.4, -0.2) is 19.3 Å². The summed E-state index contributed by atoms with van der Waals surface area (Å²) in [6.07, 6.45) is 4.87. The standard InChI is InChI=1S/C12H8BrN5O3/c13-7-3-8(18(19)20)5-9(4-7)21-12-11-15-1-2-17(11)6-10(14)16-12/h1-6H,14H2. The van der Waals surface area contributed by atoms with Gasteiger partial charge in [0.05, 0.1) is 17.2 Å². The third-order valence-electron chi connectivity index (χ3n) is 2.64. The predicted octanol–water partition coefficient (Wildman–Crippen LogP) is 2.77. The highest BCUT2D eigenvalue weighted by Crippen LogP contribution is 2.30. The van der Waals surface area contributed by atoms with Crippen molar-refractivity contribution in [1.82, 2.24) is 14.4 Å². The van der Waals surface area contributed by atoms with Crippen molar-refractivity contribution in [3.05, 3.63) is 51.4 Å². The van der Waals surface area contributed by atoms with Gasteiger partial charge in [-0.15, -0.1) is 0 Å². The number of nitro benzene ring substituents is 1. The Morgan fingerprint density at radius 2 is 2.19 bits per heavy atom. The number of nitrogens with zero attached hydrogens (tertiary/aromatic N) is 4. The fraction of sp³-hybridized carbons (Fsp3) is 0. The number of nitrogens with two attached hydrogens (primary N) is 1. The van der Waals surface area contributed by atoms with Crippen molar-refractivity contribution in [1.29, 1.82) is 0 Å². The highest BCUT2D eigenvalue weighted by atomic mass is 79.9. The number of anilines is 1. The molecule has 0 amide bonds. The number of non-ortho nitro benzene ring substituents is 1. The molecule has 0 atom stereocenters. The van der Waals surface area contributed by atoms with Gasteiger partial charge in [-0.3, -0.25) is 14.5 Å². The largest absolute Gasteiger partial charge is 0.436 e. The zero-order valence-corrected chi connectivity index (χ0v) is 12.0. The molecular formula is C12H8BrN5O3. The summed E-state index contributed by atoms with van der Waals surface area (Å²) in [5, 5.41) is 10.9.